The first-order chi connectivity index (χ1) is 16.5. The number of nitrogens with zero attached hydrogens (tertiary/aromatic N) is 2. The summed E-state index contributed by atoms with van der Waals surface area (Å²) < 4.78 is 5.57. The Hall–Kier alpha value is -4.74. The van der Waals surface area contributed by atoms with Gasteiger partial charge < -0.3 is 15.5 Å². The van der Waals surface area contributed by atoms with Crippen LogP contribution in [0.1, 0.15) is 15.4 Å². The number of aromatic nitrogens is 1. The van der Waals surface area contributed by atoms with Crippen LogP contribution >= 0.6 is 11.3 Å². The summed E-state index contributed by atoms with van der Waals surface area (Å²) in [5.41, 5.74) is 7.41. The molecule has 0 aliphatic heterocycles. The molecule has 0 unspecified atom stereocenters. The van der Waals surface area contributed by atoms with Crippen LogP contribution in [0, 0.1) is 11.3 Å². The number of allylic oxidation sites excluding steroid dienone is 1. The van der Waals surface area contributed by atoms with Gasteiger partial charge in [0.1, 0.15) is 22.2 Å². The van der Waals surface area contributed by atoms with Gasteiger partial charge in [-0.25, -0.2) is 9.78 Å². The molecule has 0 aliphatic rings. The number of nitriles is 1. The van der Waals surface area contributed by atoms with E-state index in [1.54, 1.807) is 41.8 Å². The van der Waals surface area contributed by atoms with Crippen LogP contribution in [0.4, 0.5) is 5.69 Å². The predicted molar refractivity (Wildman–Crippen MR) is 133 cm³/mol. The number of nitrogens with two attached hydrogens (primary N) is 1. The molecule has 0 saturated heterocycles. The molecule has 164 valence electrons. The van der Waals surface area contributed by atoms with Gasteiger partial charge in [-0.15, -0.1) is 11.3 Å². The summed E-state index contributed by atoms with van der Waals surface area (Å²) in [4.78, 5) is 28.4. The van der Waals surface area contributed by atoms with E-state index in [4.69, 9.17) is 10.2 Å². The van der Waals surface area contributed by atoms with E-state index in [1.165, 1.54) is 17.5 Å². The highest BCUT2D eigenvalue weighted by molar-refractivity contribution is 7.11. The fraction of sp³-hybridized carbons (Fsp3) is 0. The molecule has 0 bridgehead atoms. The average Bonchev–Trinajstić information content (AvgIpc) is 3.34. The number of anilines is 1. The minimum absolute atomic E-state index is 0.297. The molecule has 7 nitrogen and oxygen atoms in total. The topological polar surface area (TPSA) is 122 Å². The third kappa shape index (κ3) is 3.92. The van der Waals surface area contributed by atoms with Crippen molar-refractivity contribution in [3.63, 3.8) is 0 Å². The Morgan fingerprint density at radius 3 is 2.65 bits per heavy atom. The Balaban J connectivity index is 1.48. The molecule has 0 saturated carbocycles. The van der Waals surface area contributed by atoms with Crippen LogP contribution in [0.25, 0.3) is 38.6 Å². The van der Waals surface area contributed by atoms with Gasteiger partial charge in [0.05, 0.1) is 11.3 Å². The van der Waals surface area contributed by atoms with Gasteiger partial charge >= 0.3 is 5.63 Å². The minimum Gasteiger partial charge on any atom is -0.422 e. The standard InChI is InChI=1S/C26H16N4O3S/c27-12-17(13-29-18-8-5-16(6-9-18)24(28)31)25-30-22(14-34-25)21-11-20-19-4-2-1-3-15(19)7-10-23(20)33-26(21)32/h1-11,13-14,29H,(H2,28,31). The third-order valence-electron chi connectivity index (χ3n) is 5.33. The van der Waals surface area contributed by atoms with Gasteiger partial charge in [-0.2, -0.15) is 5.26 Å². The van der Waals surface area contributed by atoms with E-state index in [0.717, 1.165) is 16.2 Å². The second-order valence-electron chi connectivity index (χ2n) is 7.44. The molecule has 0 atom stereocenters. The van der Waals surface area contributed by atoms with Crippen LogP contribution in [0.5, 0.6) is 0 Å². The van der Waals surface area contributed by atoms with E-state index in [0.29, 0.717) is 38.7 Å². The first-order valence-electron chi connectivity index (χ1n) is 10.2. The van der Waals surface area contributed by atoms with Gasteiger partial charge in [0.2, 0.25) is 5.91 Å². The molecule has 5 rings (SSSR count). The zero-order valence-electron chi connectivity index (χ0n) is 17.6. The fourth-order valence-electron chi connectivity index (χ4n) is 3.60. The number of amides is 1. The molecular weight excluding hydrogens is 448 g/mol. The van der Waals surface area contributed by atoms with Crippen molar-refractivity contribution in [2.24, 2.45) is 5.73 Å². The van der Waals surface area contributed by atoms with E-state index in [1.807, 2.05) is 30.3 Å². The summed E-state index contributed by atoms with van der Waals surface area (Å²) in [5.74, 6) is -0.513. The summed E-state index contributed by atoms with van der Waals surface area (Å²) >= 11 is 1.25. The zero-order valence-corrected chi connectivity index (χ0v) is 18.4. The lowest BCUT2D eigenvalue weighted by Gasteiger charge is -2.04. The van der Waals surface area contributed by atoms with Gasteiger partial charge in [0, 0.05) is 28.2 Å². The Kier molecular flexibility index (Phi) is 5.38. The maximum absolute atomic E-state index is 12.7. The van der Waals surface area contributed by atoms with E-state index in [2.05, 4.69) is 16.4 Å². The molecule has 2 aromatic heterocycles. The second-order valence-corrected chi connectivity index (χ2v) is 8.30. The molecule has 1 amide bonds. The molecule has 0 aliphatic carbocycles. The van der Waals surface area contributed by atoms with Crippen LogP contribution in [0.15, 0.2) is 87.5 Å². The van der Waals surface area contributed by atoms with Crippen molar-refractivity contribution in [1.82, 2.24) is 4.98 Å². The van der Waals surface area contributed by atoms with Crippen molar-refractivity contribution in [1.29, 1.82) is 5.26 Å². The van der Waals surface area contributed by atoms with Crippen molar-refractivity contribution in [2.45, 2.75) is 0 Å². The number of thiazole rings is 1. The van der Waals surface area contributed by atoms with Crippen molar-refractivity contribution < 1.29 is 9.21 Å². The summed E-state index contributed by atoms with van der Waals surface area (Å²) in [6.45, 7) is 0. The molecule has 3 aromatic carbocycles. The number of carbonyl (C=O) groups excluding carboxylic acids is 1. The van der Waals surface area contributed by atoms with Crippen molar-refractivity contribution in [2.75, 3.05) is 5.32 Å². The van der Waals surface area contributed by atoms with Crippen LogP contribution in [-0.2, 0) is 0 Å². The number of fused-ring (bicyclic) bond motifs is 3. The van der Waals surface area contributed by atoms with Crippen molar-refractivity contribution in [3.8, 4) is 17.3 Å². The normalized spacial score (nSPS) is 11.4. The Bertz CT molecular complexity index is 1690. The number of rotatable bonds is 5. The Morgan fingerprint density at radius 2 is 1.88 bits per heavy atom. The van der Waals surface area contributed by atoms with Gasteiger partial charge in [-0.1, -0.05) is 30.3 Å². The molecule has 0 fully saturated rings. The summed E-state index contributed by atoms with van der Waals surface area (Å²) in [6.07, 6.45) is 1.53. The predicted octanol–water partition coefficient (Wildman–Crippen LogP) is 5.15. The number of benzene rings is 3. The molecular formula is C26H16N4O3S. The monoisotopic (exact) mass is 464 g/mol. The number of primary amides is 1. The number of hydrogen-bond acceptors (Lipinski definition) is 7. The van der Waals surface area contributed by atoms with Crippen molar-refractivity contribution in [3.05, 3.63) is 99.3 Å². The SMILES string of the molecule is N#CC(=CNc1ccc(C(N)=O)cc1)c1nc(-c2cc3c(ccc4ccccc43)oc2=O)cs1. The number of carbonyl (C=O) groups is 1. The smallest absolute Gasteiger partial charge is 0.345 e. The van der Waals surface area contributed by atoms with Crippen LogP contribution in [-0.4, -0.2) is 10.9 Å². The molecule has 0 spiro atoms. The molecule has 2 heterocycles. The van der Waals surface area contributed by atoms with E-state index < -0.39 is 11.5 Å². The molecule has 0 radical (unpaired) electrons. The maximum Gasteiger partial charge on any atom is 0.345 e. The summed E-state index contributed by atoms with van der Waals surface area (Å²) in [7, 11) is 0. The highest BCUT2D eigenvalue weighted by Crippen LogP contribution is 2.29. The maximum atomic E-state index is 12.7. The van der Waals surface area contributed by atoms with E-state index in [9.17, 15) is 14.9 Å². The first-order valence-corrected chi connectivity index (χ1v) is 11.1. The number of hydrogen-bond donors (Lipinski definition) is 2. The average molecular weight is 465 g/mol. The lowest BCUT2D eigenvalue weighted by Crippen LogP contribution is -2.10. The highest BCUT2D eigenvalue weighted by Gasteiger charge is 2.15. The minimum atomic E-state index is -0.513. The van der Waals surface area contributed by atoms with Gasteiger partial charge in [0.15, 0.2) is 0 Å². The Morgan fingerprint density at radius 1 is 1.09 bits per heavy atom. The lowest BCUT2D eigenvalue weighted by atomic mass is 10.0. The number of nitrogens with one attached hydrogen (secondary N) is 1. The van der Waals surface area contributed by atoms with Gasteiger partial charge in [0.25, 0.3) is 0 Å². The molecule has 34 heavy (non-hydrogen) atoms. The van der Waals surface area contributed by atoms with E-state index >= 15 is 0 Å². The van der Waals surface area contributed by atoms with Crippen LogP contribution in [0.3, 0.4) is 0 Å². The summed E-state index contributed by atoms with van der Waals surface area (Å²) in [5, 5.41) is 17.7. The zero-order chi connectivity index (χ0) is 23.7. The van der Waals surface area contributed by atoms with Gasteiger partial charge in [-0.3, -0.25) is 4.79 Å². The van der Waals surface area contributed by atoms with Gasteiger partial charge in [-0.05, 0) is 47.2 Å². The largest absolute Gasteiger partial charge is 0.422 e. The van der Waals surface area contributed by atoms with Crippen LogP contribution in [0.2, 0.25) is 0 Å². The summed E-state index contributed by atoms with van der Waals surface area (Å²) in [6, 6.07) is 22.0. The fourth-order valence-corrected chi connectivity index (χ4v) is 4.38. The lowest BCUT2D eigenvalue weighted by molar-refractivity contribution is 0.100. The third-order valence-corrected chi connectivity index (χ3v) is 6.20. The highest BCUT2D eigenvalue weighted by atomic mass is 32.1. The quantitative estimate of drug-likeness (QED) is 0.211. The molecule has 8 heteroatoms. The van der Waals surface area contributed by atoms with E-state index in [-0.39, 0.29) is 0 Å². The van der Waals surface area contributed by atoms with Crippen molar-refractivity contribution >= 4 is 50.2 Å². The van der Waals surface area contributed by atoms with Crippen LogP contribution < -0.4 is 16.7 Å². The Labute approximate surface area is 197 Å². The molecule has 3 N–H and O–H groups in total. The second kappa shape index (κ2) is 8.65. The first kappa shape index (κ1) is 21.1. The molecule has 5 aromatic rings.